The van der Waals surface area contributed by atoms with Crippen LogP contribution in [0.1, 0.15) is 18.4 Å². The summed E-state index contributed by atoms with van der Waals surface area (Å²) in [5.41, 5.74) is 0.330. The van der Waals surface area contributed by atoms with Crippen LogP contribution in [0.5, 0.6) is 0 Å². The smallest absolute Gasteiger partial charge is 0.272 e. The van der Waals surface area contributed by atoms with Crippen LogP contribution in [0.2, 0.25) is 0 Å². The third kappa shape index (κ3) is 3.52. The number of nitro benzene ring substituents is 1. The van der Waals surface area contributed by atoms with Gasteiger partial charge in [0.15, 0.2) is 0 Å². The molecule has 0 aliphatic carbocycles. The quantitative estimate of drug-likeness (QED) is 0.627. The van der Waals surface area contributed by atoms with Crippen LogP contribution in [-0.4, -0.2) is 47.9 Å². The van der Waals surface area contributed by atoms with E-state index in [1.165, 1.54) is 12.1 Å². The number of hydrogen-bond acceptors (Lipinski definition) is 4. The Bertz CT molecular complexity index is 485. The summed E-state index contributed by atoms with van der Waals surface area (Å²) in [7, 11) is 4.16. The molecular formula is C14H20FN3O2. The number of piperidine rings is 1. The lowest BCUT2D eigenvalue weighted by Crippen LogP contribution is -2.41. The van der Waals surface area contributed by atoms with Crippen molar-refractivity contribution in [2.45, 2.75) is 25.4 Å². The van der Waals surface area contributed by atoms with Crippen LogP contribution in [-0.2, 0) is 6.54 Å². The Kier molecular flexibility index (Phi) is 4.67. The summed E-state index contributed by atoms with van der Waals surface area (Å²) in [6, 6.07) is 4.48. The molecule has 5 nitrogen and oxygen atoms in total. The van der Waals surface area contributed by atoms with Crippen molar-refractivity contribution in [1.29, 1.82) is 0 Å². The van der Waals surface area contributed by atoms with Crippen LogP contribution in [0.15, 0.2) is 18.2 Å². The fraction of sp³-hybridized carbons (Fsp3) is 0.571. The molecule has 0 atom stereocenters. The van der Waals surface area contributed by atoms with Crippen molar-refractivity contribution in [3.05, 3.63) is 39.7 Å². The number of halogens is 1. The Morgan fingerprint density at radius 3 is 2.55 bits per heavy atom. The van der Waals surface area contributed by atoms with E-state index in [9.17, 15) is 14.5 Å². The van der Waals surface area contributed by atoms with Crippen LogP contribution >= 0.6 is 0 Å². The minimum absolute atomic E-state index is 0.197. The van der Waals surface area contributed by atoms with Crippen molar-refractivity contribution in [1.82, 2.24) is 9.80 Å². The number of non-ortho nitro benzene ring substituents is 1. The van der Waals surface area contributed by atoms with Crippen LogP contribution in [0.25, 0.3) is 0 Å². The standard InChI is InChI=1S/C14H20FN3O2/c1-16(2)12-5-7-17(8-6-12)10-11-3-4-13(18(19)20)9-14(11)15/h3-4,9,12H,5-8,10H2,1-2H3. The van der Waals surface area contributed by atoms with E-state index in [4.69, 9.17) is 0 Å². The third-order valence-electron chi connectivity index (χ3n) is 3.93. The van der Waals surface area contributed by atoms with Gasteiger partial charge in [-0.2, -0.15) is 0 Å². The summed E-state index contributed by atoms with van der Waals surface area (Å²) in [5, 5.41) is 10.6. The molecule has 1 aliphatic heterocycles. The van der Waals surface area contributed by atoms with Crippen LogP contribution in [0.3, 0.4) is 0 Å². The molecule has 1 aliphatic rings. The van der Waals surface area contributed by atoms with E-state index in [0.717, 1.165) is 32.0 Å². The first-order valence-corrected chi connectivity index (χ1v) is 6.79. The summed E-state index contributed by atoms with van der Waals surface area (Å²) in [4.78, 5) is 14.4. The van der Waals surface area contributed by atoms with Crippen molar-refractivity contribution in [2.75, 3.05) is 27.2 Å². The molecule has 0 saturated carbocycles. The molecule has 110 valence electrons. The van der Waals surface area contributed by atoms with Gasteiger partial charge in [-0.05, 0) is 46.1 Å². The van der Waals surface area contributed by atoms with Gasteiger partial charge in [-0.1, -0.05) is 0 Å². The number of nitro groups is 1. The zero-order valence-electron chi connectivity index (χ0n) is 11.9. The molecule has 1 aromatic rings. The SMILES string of the molecule is CN(C)C1CCN(Cc2ccc([N+](=O)[O-])cc2F)CC1. The lowest BCUT2D eigenvalue weighted by Gasteiger charge is -2.35. The molecule has 0 unspecified atom stereocenters. The van der Waals surface area contributed by atoms with Crippen LogP contribution in [0.4, 0.5) is 10.1 Å². The molecule has 1 fully saturated rings. The van der Waals surface area contributed by atoms with Gasteiger partial charge in [-0.3, -0.25) is 15.0 Å². The topological polar surface area (TPSA) is 49.6 Å². The molecule has 0 amide bonds. The Hall–Kier alpha value is -1.53. The minimum Gasteiger partial charge on any atom is -0.306 e. The first-order valence-electron chi connectivity index (χ1n) is 6.79. The Morgan fingerprint density at radius 2 is 2.05 bits per heavy atom. The first-order chi connectivity index (χ1) is 9.47. The van der Waals surface area contributed by atoms with Gasteiger partial charge in [0.25, 0.3) is 5.69 Å². The summed E-state index contributed by atoms with van der Waals surface area (Å²) >= 11 is 0. The number of rotatable bonds is 4. The van der Waals surface area contributed by atoms with Crippen molar-refractivity contribution in [3.63, 3.8) is 0 Å². The lowest BCUT2D eigenvalue weighted by molar-refractivity contribution is -0.385. The number of nitrogens with zero attached hydrogens (tertiary/aromatic N) is 3. The molecule has 6 heteroatoms. The highest BCUT2D eigenvalue weighted by molar-refractivity contribution is 5.34. The predicted molar refractivity (Wildman–Crippen MR) is 75.0 cm³/mol. The second-order valence-electron chi connectivity index (χ2n) is 5.50. The molecule has 0 bridgehead atoms. The average Bonchev–Trinajstić information content (AvgIpc) is 2.41. The van der Waals surface area contributed by atoms with E-state index >= 15 is 0 Å². The summed E-state index contributed by atoms with van der Waals surface area (Å²) in [5.74, 6) is -0.492. The molecular weight excluding hydrogens is 261 g/mol. The van der Waals surface area contributed by atoms with E-state index in [0.29, 0.717) is 18.2 Å². The van der Waals surface area contributed by atoms with E-state index in [1.807, 2.05) is 0 Å². The summed E-state index contributed by atoms with van der Waals surface area (Å²) < 4.78 is 13.8. The van der Waals surface area contributed by atoms with Gasteiger partial charge < -0.3 is 4.90 Å². The molecule has 2 rings (SSSR count). The lowest BCUT2D eigenvalue weighted by atomic mass is 10.0. The van der Waals surface area contributed by atoms with Gasteiger partial charge in [0.05, 0.1) is 11.0 Å². The first kappa shape index (κ1) is 14.9. The van der Waals surface area contributed by atoms with Gasteiger partial charge >= 0.3 is 0 Å². The fourth-order valence-corrected chi connectivity index (χ4v) is 2.61. The third-order valence-corrected chi connectivity index (χ3v) is 3.93. The fourth-order valence-electron chi connectivity index (χ4n) is 2.61. The highest BCUT2D eigenvalue weighted by Crippen LogP contribution is 2.20. The minimum atomic E-state index is -0.574. The second kappa shape index (κ2) is 6.28. The molecule has 1 aromatic carbocycles. The zero-order valence-corrected chi connectivity index (χ0v) is 11.9. The van der Waals surface area contributed by atoms with Crippen molar-refractivity contribution >= 4 is 5.69 Å². The van der Waals surface area contributed by atoms with Gasteiger partial charge in [0.1, 0.15) is 5.82 Å². The van der Waals surface area contributed by atoms with E-state index in [2.05, 4.69) is 23.9 Å². The van der Waals surface area contributed by atoms with E-state index in [1.54, 1.807) is 0 Å². The molecule has 1 heterocycles. The highest BCUT2D eigenvalue weighted by atomic mass is 19.1. The number of likely N-dealkylation sites (tertiary alicyclic amines) is 1. The average molecular weight is 281 g/mol. The molecule has 0 radical (unpaired) electrons. The van der Waals surface area contributed by atoms with Gasteiger partial charge in [0, 0.05) is 24.2 Å². The van der Waals surface area contributed by atoms with Gasteiger partial charge in [-0.15, -0.1) is 0 Å². The Morgan fingerprint density at radius 1 is 1.40 bits per heavy atom. The maximum absolute atomic E-state index is 13.8. The highest BCUT2D eigenvalue weighted by Gasteiger charge is 2.21. The zero-order chi connectivity index (χ0) is 14.7. The largest absolute Gasteiger partial charge is 0.306 e. The van der Waals surface area contributed by atoms with E-state index < -0.39 is 10.7 Å². The van der Waals surface area contributed by atoms with Crippen LogP contribution in [0, 0.1) is 15.9 Å². The Balaban J connectivity index is 1.96. The number of hydrogen-bond donors (Lipinski definition) is 0. The van der Waals surface area contributed by atoms with Crippen molar-refractivity contribution in [2.24, 2.45) is 0 Å². The Labute approximate surface area is 118 Å². The van der Waals surface area contributed by atoms with Gasteiger partial charge in [-0.25, -0.2) is 4.39 Å². The summed E-state index contributed by atoms with van der Waals surface area (Å²) in [6.45, 7) is 2.38. The summed E-state index contributed by atoms with van der Waals surface area (Å²) in [6.07, 6.45) is 2.14. The van der Waals surface area contributed by atoms with Crippen LogP contribution < -0.4 is 0 Å². The monoisotopic (exact) mass is 281 g/mol. The maximum atomic E-state index is 13.8. The van der Waals surface area contributed by atoms with E-state index in [-0.39, 0.29) is 5.69 Å². The van der Waals surface area contributed by atoms with Gasteiger partial charge in [0.2, 0.25) is 0 Å². The molecule has 0 aromatic heterocycles. The predicted octanol–water partition coefficient (Wildman–Crippen LogP) is 2.26. The molecule has 0 spiro atoms. The van der Waals surface area contributed by atoms with Crippen molar-refractivity contribution < 1.29 is 9.31 Å². The molecule has 0 N–H and O–H groups in total. The maximum Gasteiger partial charge on any atom is 0.272 e. The normalized spacial score (nSPS) is 17.6. The molecule has 1 saturated heterocycles. The number of benzene rings is 1. The van der Waals surface area contributed by atoms with Crippen molar-refractivity contribution in [3.8, 4) is 0 Å². The second-order valence-corrected chi connectivity index (χ2v) is 5.50. The molecule has 20 heavy (non-hydrogen) atoms.